The molecule has 3 fully saturated rings. The number of aliphatic hydroxyl groups is 12. The van der Waals surface area contributed by atoms with Crippen molar-refractivity contribution in [1.82, 2.24) is 0 Å². The van der Waals surface area contributed by atoms with Crippen molar-refractivity contribution in [3.05, 3.63) is 34.7 Å². The van der Waals surface area contributed by atoms with Crippen LogP contribution < -0.4 is 0 Å². The summed E-state index contributed by atoms with van der Waals surface area (Å²) in [5.74, 6) is -5.09. The van der Waals surface area contributed by atoms with Crippen LogP contribution in [0.1, 0.15) is 126 Å². The summed E-state index contributed by atoms with van der Waals surface area (Å²) in [5.41, 5.74) is -0.736. The van der Waals surface area contributed by atoms with Crippen LogP contribution in [0.5, 0.6) is 0 Å². The highest BCUT2D eigenvalue weighted by molar-refractivity contribution is 5.30. The lowest BCUT2D eigenvalue weighted by Crippen LogP contribution is -2.59. The van der Waals surface area contributed by atoms with E-state index >= 15 is 0 Å². The SMILES string of the molecule is CC(CCC(OC(O)(CO)COC(O)/C(O)=C(\O)C(O)CCO)C(C)(C)O)C1CCC2(C)C3CC=C4C(CCC(OC(O)/C(O)=C(/O)C(CCO)OO)C4(C)C)C3(C)CCC12C. The lowest BCUT2D eigenvalue weighted by atomic mass is 9.39. The minimum Gasteiger partial charge on any atom is -0.506 e. The quantitative estimate of drug-likeness (QED) is 0.0234. The molecule has 62 heavy (non-hydrogen) atoms. The van der Waals surface area contributed by atoms with Gasteiger partial charge in [0.2, 0.25) is 18.4 Å². The largest absolute Gasteiger partial charge is 0.506 e. The van der Waals surface area contributed by atoms with Crippen LogP contribution >= 0.6 is 0 Å². The minimum atomic E-state index is -2.42. The fourth-order valence-corrected chi connectivity index (χ4v) is 12.1. The van der Waals surface area contributed by atoms with E-state index in [1.54, 1.807) is 0 Å². The molecule has 0 aromatic rings. The van der Waals surface area contributed by atoms with Crippen LogP contribution in [0.2, 0.25) is 0 Å². The lowest BCUT2D eigenvalue weighted by molar-refractivity contribution is -0.304. The van der Waals surface area contributed by atoms with Crippen LogP contribution in [-0.2, 0) is 19.1 Å². The number of allylic oxidation sites excluding steroid dienone is 1. The van der Waals surface area contributed by atoms with Crippen LogP contribution in [0.15, 0.2) is 34.7 Å². The molecule has 0 aromatic carbocycles. The monoisotopic (exact) mass is 891 g/mol. The highest BCUT2D eigenvalue weighted by Gasteiger charge is 2.67. The Morgan fingerprint density at radius 2 is 1.40 bits per heavy atom. The summed E-state index contributed by atoms with van der Waals surface area (Å²) in [6.45, 7) is 14.0. The number of hydrogen-bond acceptors (Lipinski definition) is 17. The van der Waals surface area contributed by atoms with E-state index in [0.29, 0.717) is 31.1 Å². The zero-order valence-corrected chi connectivity index (χ0v) is 37.9. The molecular formula is C45H78O17. The van der Waals surface area contributed by atoms with Crippen LogP contribution in [0, 0.1) is 45.3 Å². The molecular weight excluding hydrogens is 812 g/mol. The predicted molar refractivity (Wildman–Crippen MR) is 225 cm³/mol. The number of aliphatic hydroxyl groups excluding tert-OH is 10. The standard InChI is InChI=1S/C45H78O17/c1-25(9-13-33(41(4,5)56)61-45(57,23-48)24-59-38(54)36(52)34(50)29(49)16-21-46)26-15-18-44(8)31-12-10-27-28(42(31,6)19-20-43(26,44)7)11-14-32(40(27,2)3)60-39(55)37(53)35(51)30(62-58)17-22-47/h10,25-26,28-33,38-39,46-58H,9,11-24H2,1-8H3/b36-34+,37-35-. The lowest BCUT2D eigenvalue weighted by Gasteiger charge is -2.66. The summed E-state index contributed by atoms with van der Waals surface area (Å²) < 4.78 is 17.0. The summed E-state index contributed by atoms with van der Waals surface area (Å²) in [4.78, 5) is 4.17. The zero-order chi connectivity index (χ0) is 46.8. The molecule has 17 nitrogen and oxygen atoms in total. The number of fused-ring (bicyclic) bond motifs is 5. The summed E-state index contributed by atoms with van der Waals surface area (Å²) in [6, 6.07) is 0. The van der Waals surface area contributed by atoms with Gasteiger partial charge in [-0.1, -0.05) is 53.2 Å². The van der Waals surface area contributed by atoms with Crippen LogP contribution in [0.4, 0.5) is 0 Å². The first-order chi connectivity index (χ1) is 28.7. The molecule has 17 heteroatoms. The maximum Gasteiger partial charge on any atom is 0.217 e. The number of ether oxygens (including phenoxy) is 3. The molecule has 0 saturated heterocycles. The van der Waals surface area contributed by atoms with Crippen LogP contribution in [0.3, 0.4) is 0 Å². The Morgan fingerprint density at radius 3 is 1.98 bits per heavy atom. The van der Waals surface area contributed by atoms with Crippen molar-refractivity contribution >= 4 is 0 Å². The molecule has 13 N–H and O–H groups in total. The van der Waals surface area contributed by atoms with E-state index in [4.69, 9.17) is 24.6 Å². The molecule has 14 unspecified atom stereocenters. The van der Waals surface area contributed by atoms with Gasteiger partial charge in [-0.25, -0.2) is 4.89 Å². The average molecular weight is 891 g/mol. The van der Waals surface area contributed by atoms with Crippen molar-refractivity contribution < 1.29 is 85.6 Å². The fourth-order valence-electron chi connectivity index (χ4n) is 12.1. The van der Waals surface area contributed by atoms with Crippen molar-refractivity contribution in [3.63, 3.8) is 0 Å². The fraction of sp³-hybridized carbons (Fsp3) is 0.867. The van der Waals surface area contributed by atoms with E-state index in [1.807, 2.05) is 0 Å². The molecule has 0 heterocycles. The highest BCUT2D eigenvalue weighted by Crippen LogP contribution is 2.75. The smallest absolute Gasteiger partial charge is 0.217 e. The van der Waals surface area contributed by atoms with Crippen molar-refractivity contribution in [2.75, 3.05) is 26.4 Å². The second-order valence-electron chi connectivity index (χ2n) is 20.5. The summed E-state index contributed by atoms with van der Waals surface area (Å²) >= 11 is 0. The Kier molecular flexibility index (Phi) is 17.1. The molecule has 0 aliphatic heterocycles. The molecule has 4 aliphatic carbocycles. The molecule has 0 radical (unpaired) electrons. The van der Waals surface area contributed by atoms with Gasteiger partial charge >= 0.3 is 0 Å². The second kappa shape index (κ2) is 20.2. The molecule has 0 aromatic heterocycles. The molecule has 360 valence electrons. The molecule has 0 amide bonds. The second-order valence-corrected chi connectivity index (χ2v) is 20.5. The predicted octanol–water partition coefficient (Wildman–Crippen LogP) is 4.52. The summed E-state index contributed by atoms with van der Waals surface area (Å²) in [5, 5.41) is 132. The molecule has 0 spiro atoms. The van der Waals surface area contributed by atoms with Gasteiger partial charge in [-0.05, 0) is 112 Å². The maximum atomic E-state index is 11.2. The topological polar surface area (TPSA) is 300 Å². The van der Waals surface area contributed by atoms with E-state index in [9.17, 15) is 56.2 Å². The van der Waals surface area contributed by atoms with Crippen molar-refractivity contribution in [3.8, 4) is 0 Å². The molecule has 4 aliphatic rings. The van der Waals surface area contributed by atoms with Crippen LogP contribution in [-0.4, -0.2) is 141 Å². The van der Waals surface area contributed by atoms with E-state index in [0.717, 1.165) is 38.5 Å². The van der Waals surface area contributed by atoms with Crippen molar-refractivity contribution in [2.24, 2.45) is 45.3 Å². The Hall–Kier alpha value is -2.10. The van der Waals surface area contributed by atoms with Gasteiger partial charge < -0.3 is 75.5 Å². The maximum absolute atomic E-state index is 11.2. The van der Waals surface area contributed by atoms with Crippen LogP contribution in [0.25, 0.3) is 0 Å². The van der Waals surface area contributed by atoms with Gasteiger partial charge in [0.1, 0.15) is 12.7 Å². The molecule has 4 rings (SSSR count). The zero-order valence-electron chi connectivity index (χ0n) is 37.9. The number of rotatable bonds is 22. The summed E-state index contributed by atoms with van der Waals surface area (Å²) in [7, 11) is 0. The Morgan fingerprint density at radius 1 is 0.774 bits per heavy atom. The van der Waals surface area contributed by atoms with Gasteiger partial charge in [0.05, 0.1) is 24.4 Å². The van der Waals surface area contributed by atoms with E-state index in [-0.39, 0.29) is 40.9 Å². The highest BCUT2D eigenvalue weighted by atomic mass is 17.1. The van der Waals surface area contributed by atoms with Crippen molar-refractivity contribution in [2.45, 2.75) is 174 Å². The van der Waals surface area contributed by atoms with Crippen molar-refractivity contribution in [1.29, 1.82) is 0 Å². The van der Waals surface area contributed by atoms with Gasteiger partial charge in [0, 0.05) is 31.5 Å². The summed E-state index contributed by atoms with van der Waals surface area (Å²) in [6.07, 6.45) is 0.501. The Balaban J connectivity index is 1.47. The average Bonchev–Trinajstić information content (AvgIpc) is 3.50. The van der Waals surface area contributed by atoms with Gasteiger partial charge in [0.25, 0.3) is 0 Å². The minimum absolute atomic E-state index is 0.00663. The van der Waals surface area contributed by atoms with E-state index in [1.165, 1.54) is 19.4 Å². The number of hydrogen-bond donors (Lipinski definition) is 13. The van der Waals surface area contributed by atoms with Gasteiger partial charge in [-0.15, -0.1) is 0 Å². The molecule has 3 saturated carbocycles. The van der Waals surface area contributed by atoms with E-state index in [2.05, 4.69) is 52.5 Å². The van der Waals surface area contributed by atoms with Gasteiger partial charge in [-0.3, -0.25) is 5.26 Å². The normalized spacial score (nSPS) is 34.5. The first kappa shape index (κ1) is 52.5. The van der Waals surface area contributed by atoms with Gasteiger partial charge in [0.15, 0.2) is 29.1 Å². The first-order valence-corrected chi connectivity index (χ1v) is 22.2. The third-order valence-corrected chi connectivity index (χ3v) is 16.1. The first-order valence-electron chi connectivity index (χ1n) is 22.2. The van der Waals surface area contributed by atoms with E-state index < -0.39 is 103 Å². The molecule has 14 atom stereocenters. The third kappa shape index (κ3) is 10.3. The Bertz CT molecular complexity index is 1590. The third-order valence-electron chi connectivity index (χ3n) is 16.1. The molecule has 0 bridgehead atoms. The Labute approximate surface area is 365 Å². The van der Waals surface area contributed by atoms with Gasteiger partial charge in [-0.2, -0.15) is 0 Å².